The molecular weight excluding hydrogens is 282 g/mol. The first kappa shape index (κ1) is 19.4. The van der Waals surface area contributed by atoms with E-state index in [1.807, 2.05) is 7.05 Å². The second kappa shape index (κ2) is 9.51. The molecule has 0 atom stereocenters. The summed E-state index contributed by atoms with van der Waals surface area (Å²) in [4.78, 5) is 4.55. The molecule has 0 spiro atoms. The van der Waals surface area contributed by atoms with Crippen LogP contribution in [0.2, 0.25) is 0 Å². The van der Waals surface area contributed by atoms with E-state index in [1.165, 1.54) is 16.8 Å². The standard InChI is InChI=1S/C20H33N3/c1-14(2)18-9-8-10-19(15(3)4)20(18)23-17(6)13-16(5)22-12-11-21-7/h8-10,13-15,21,23H,11-12H2,1-7H3/b17-13-,22-16?. The third kappa shape index (κ3) is 6.19. The third-order valence-electron chi connectivity index (χ3n) is 3.84. The number of para-hydroxylation sites is 1. The van der Waals surface area contributed by atoms with Crippen molar-refractivity contribution in [2.24, 2.45) is 4.99 Å². The lowest BCUT2D eigenvalue weighted by Crippen LogP contribution is -2.11. The molecule has 0 aromatic heterocycles. The Morgan fingerprint density at radius 2 is 1.65 bits per heavy atom. The van der Waals surface area contributed by atoms with Crippen LogP contribution in [0.15, 0.2) is 35.0 Å². The van der Waals surface area contributed by atoms with Crippen LogP contribution in [-0.2, 0) is 0 Å². The normalized spacial score (nSPS) is 13.1. The van der Waals surface area contributed by atoms with E-state index in [1.54, 1.807) is 0 Å². The molecule has 0 aliphatic carbocycles. The number of allylic oxidation sites excluding steroid dienone is 2. The van der Waals surface area contributed by atoms with Crippen molar-refractivity contribution >= 4 is 11.4 Å². The van der Waals surface area contributed by atoms with E-state index < -0.39 is 0 Å². The molecule has 0 unspecified atom stereocenters. The van der Waals surface area contributed by atoms with Crippen LogP contribution in [0.4, 0.5) is 5.69 Å². The molecule has 23 heavy (non-hydrogen) atoms. The predicted octanol–water partition coefficient (Wildman–Crippen LogP) is 4.93. The van der Waals surface area contributed by atoms with Crippen LogP contribution in [0, 0.1) is 0 Å². The van der Waals surface area contributed by atoms with E-state index in [0.29, 0.717) is 11.8 Å². The molecule has 1 aromatic carbocycles. The molecule has 1 aromatic rings. The number of rotatable bonds is 8. The average Bonchev–Trinajstić information content (AvgIpc) is 2.46. The fourth-order valence-corrected chi connectivity index (χ4v) is 2.63. The van der Waals surface area contributed by atoms with E-state index in [9.17, 15) is 0 Å². The lowest BCUT2D eigenvalue weighted by atomic mass is 9.92. The van der Waals surface area contributed by atoms with Gasteiger partial charge in [-0.15, -0.1) is 0 Å². The Kier molecular flexibility index (Phi) is 8.04. The number of anilines is 1. The van der Waals surface area contributed by atoms with Crippen molar-refractivity contribution in [3.8, 4) is 0 Å². The van der Waals surface area contributed by atoms with Crippen molar-refractivity contribution in [3.05, 3.63) is 41.1 Å². The van der Waals surface area contributed by atoms with Gasteiger partial charge in [-0.3, -0.25) is 4.99 Å². The Hall–Kier alpha value is -1.61. The summed E-state index contributed by atoms with van der Waals surface area (Å²) in [7, 11) is 1.95. The number of aliphatic imine (C=N–C) groups is 1. The van der Waals surface area contributed by atoms with Crippen molar-refractivity contribution in [1.29, 1.82) is 0 Å². The van der Waals surface area contributed by atoms with Crippen molar-refractivity contribution in [2.75, 3.05) is 25.5 Å². The fraction of sp³-hybridized carbons (Fsp3) is 0.550. The van der Waals surface area contributed by atoms with Crippen LogP contribution < -0.4 is 10.6 Å². The van der Waals surface area contributed by atoms with Crippen LogP contribution in [0.25, 0.3) is 0 Å². The van der Waals surface area contributed by atoms with Gasteiger partial charge in [0, 0.05) is 23.6 Å². The van der Waals surface area contributed by atoms with Gasteiger partial charge >= 0.3 is 0 Å². The second-order valence-corrected chi connectivity index (χ2v) is 6.70. The topological polar surface area (TPSA) is 36.4 Å². The molecule has 0 aliphatic rings. The highest BCUT2D eigenvalue weighted by Gasteiger charge is 2.13. The van der Waals surface area contributed by atoms with Crippen LogP contribution in [-0.4, -0.2) is 25.8 Å². The van der Waals surface area contributed by atoms with Gasteiger partial charge in [-0.05, 0) is 49.9 Å². The molecule has 0 saturated carbocycles. The van der Waals surface area contributed by atoms with Gasteiger partial charge in [-0.1, -0.05) is 45.9 Å². The van der Waals surface area contributed by atoms with Gasteiger partial charge in [-0.25, -0.2) is 0 Å². The zero-order valence-electron chi connectivity index (χ0n) is 15.8. The molecule has 0 amide bonds. The minimum absolute atomic E-state index is 0.495. The van der Waals surface area contributed by atoms with Crippen molar-refractivity contribution < 1.29 is 0 Å². The fourth-order valence-electron chi connectivity index (χ4n) is 2.63. The summed E-state index contributed by atoms with van der Waals surface area (Å²) in [5, 5.41) is 6.74. The van der Waals surface area contributed by atoms with E-state index in [4.69, 9.17) is 0 Å². The molecule has 3 nitrogen and oxygen atoms in total. The molecule has 0 fully saturated rings. The van der Waals surface area contributed by atoms with Gasteiger partial charge in [0.2, 0.25) is 0 Å². The zero-order chi connectivity index (χ0) is 17.4. The van der Waals surface area contributed by atoms with E-state index in [0.717, 1.165) is 24.5 Å². The molecule has 0 radical (unpaired) electrons. The predicted molar refractivity (Wildman–Crippen MR) is 104 cm³/mol. The molecule has 2 N–H and O–H groups in total. The SMILES string of the molecule is CNCCN=C(C)/C=C(/C)Nc1c(C(C)C)cccc1C(C)C. The Balaban J connectivity index is 3.04. The molecule has 0 bridgehead atoms. The Labute approximate surface area is 142 Å². The van der Waals surface area contributed by atoms with E-state index in [2.05, 4.69) is 81.4 Å². The van der Waals surface area contributed by atoms with Crippen molar-refractivity contribution in [2.45, 2.75) is 53.4 Å². The maximum Gasteiger partial charge on any atom is 0.0517 e. The maximum atomic E-state index is 4.55. The van der Waals surface area contributed by atoms with Gasteiger partial charge < -0.3 is 10.6 Å². The summed E-state index contributed by atoms with van der Waals surface area (Å²) in [5.41, 5.74) is 6.18. The number of nitrogens with zero attached hydrogens (tertiary/aromatic N) is 1. The molecule has 1 rings (SSSR count). The number of nitrogens with one attached hydrogen (secondary N) is 2. The molecule has 0 aliphatic heterocycles. The van der Waals surface area contributed by atoms with E-state index >= 15 is 0 Å². The quantitative estimate of drug-likeness (QED) is 0.527. The third-order valence-corrected chi connectivity index (χ3v) is 3.84. The molecule has 0 heterocycles. The zero-order valence-corrected chi connectivity index (χ0v) is 15.8. The highest BCUT2D eigenvalue weighted by atomic mass is 14.9. The first-order chi connectivity index (χ1) is 10.9. The monoisotopic (exact) mass is 315 g/mol. The van der Waals surface area contributed by atoms with Gasteiger partial charge in [0.05, 0.1) is 6.54 Å². The maximum absolute atomic E-state index is 4.55. The molecule has 3 heteroatoms. The van der Waals surface area contributed by atoms with E-state index in [-0.39, 0.29) is 0 Å². The first-order valence-corrected chi connectivity index (χ1v) is 8.60. The van der Waals surface area contributed by atoms with Gasteiger partial charge in [0.25, 0.3) is 0 Å². The van der Waals surface area contributed by atoms with Crippen molar-refractivity contribution in [3.63, 3.8) is 0 Å². The van der Waals surface area contributed by atoms with Crippen LogP contribution in [0.1, 0.15) is 64.5 Å². The summed E-state index contributed by atoms with van der Waals surface area (Å²) < 4.78 is 0. The Morgan fingerprint density at radius 1 is 1.09 bits per heavy atom. The largest absolute Gasteiger partial charge is 0.359 e. The van der Waals surface area contributed by atoms with Crippen LogP contribution in [0.5, 0.6) is 0 Å². The first-order valence-electron chi connectivity index (χ1n) is 8.60. The van der Waals surface area contributed by atoms with Crippen molar-refractivity contribution in [1.82, 2.24) is 5.32 Å². The highest BCUT2D eigenvalue weighted by Crippen LogP contribution is 2.33. The average molecular weight is 316 g/mol. The summed E-state index contributed by atoms with van der Waals surface area (Å²) in [6.07, 6.45) is 2.12. The lowest BCUT2D eigenvalue weighted by molar-refractivity contribution is 0.802. The number of benzene rings is 1. The van der Waals surface area contributed by atoms with Crippen LogP contribution in [0.3, 0.4) is 0 Å². The minimum Gasteiger partial charge on any atom is -0.359 e. The smallest absolute Gasteiger partial charge is 0.0517 e. The lowest BCUT2D eigenvalue weighted by Gasteiger charge is -2.21. The van der Waals surface area contributed by atoms with Gasteiger partial charge in [0.1, 0.15) is 0 Å². The highest BCUT2D eigenvalue weighted by molar-refractivity contribution is 5.93. The molecular formula is C20H33N3. The second-order valence-electron chi connectivity index (χ2n) is 6.70. The minimum atomic E-state index is 0.495. The number of hydrogen-bond acceptors (Lipinski definition) is 3. The summed E-state index contributed by atoms with van der Waals surface area (Å²) >= 11 is 0. The summed E-state index contributed by atoms with van der Waals surface area (Å²) in [6.45, 7) is 14.9. The molecule has 128 valence electrons. The number of hydrogen-bond donors (Lipinski definition) is 2. The summed E-state index contributed by atoms with van der Waals surface area (Å²) in [6, 6.07) is 6.61. The number of likely N-dealkylation sites (N-methyl/N-ethyl adjacent to an activating group) is 1. The molecule has 0 saturated heterocycles. The van der Waals surface area contributed by atoms with Crippen LogP contribution >= 0.6 is 0 Å². The Bertz CT molecular complexity index is 528. The van der Waals surface area contributed by atoms with Gasteiger partial charge in [0.15, 0.2) is 0 Å². The summed E-state index contributed by atoms with van der Waals surface area (Å²) in [5.74, 6) is 0.990. The van der Waals surface area contributed by atoms with Gasteiger partial charge in [-0.2, -0.15) is 0 Å². The Morgan fingerprint density at radius 3 is 2.13 bits per heavy atom.